The molecule has 0 aliphatic carbocycles. The van der Waals surface area contributed by atoms with Crippen molar-refractivity contribution in [3.8, 4) is 0 Å². The van der Waals surface area contributed by atoms with E-state index >= 15 is 0 Å². The fraction of sp³-hybridized carbons (Fsp3) is 0.600. The van der Waals surface area contributed by atoms with Crippen LogP contribution in [0.1, 0.15) is 20.3 Å². The third kappa shape index (κ3) is 3.87. The fourth-order valence-electron chi connectivity index (χ4n) is 0.232. The zero-order chi connectivity index (χ0) is 6.57. The maximum absolute atomic E-state index is 10.4. The van der Waals surface area contributed by atoms with Gasteiger partial charge in [0.15, 0.2) is 10.2 Å². The van der Waals surface area contributed by atoms with Crippen LogP contribution in [0.15, 0.2) is 0 Å². The van der Waals surface area contributed by atoms with Crippen LogP contribution in [-0.4, -0.2) is 10.2 Å². The van der Waals surface area contributed by atoms with E-state index in [0.29, 0.717) is 6.42 Å². The normalized spacial score (nSPS) is 8.75. The van der Waals surface area contributed by atoms with Crippen LogP contribution < -0.4 is 0 Å². The van der Waals surface area contributed by atoms with Crippen LogP contribution in [0.25, 0.3) is 0 Å². The summed E-state index contributed by atoms with van der Waals surface area (Å²) in [6.07, 6.45) is 0.435. The van der Waals surface area contributed by atoms with Gasteiger partial charge in [-0.1, -0.05) is 6.92 Å². The van der Waals surface area contributed by atoms with Crippen molar-refractivity contribution in [2.45, 2.75) is 20.3 Å². The van der Waals surface area contributed by atoms with Crippen molar-refractivity contribution in [1.29, 1.82) is 0 Å². The van der Waals surface area contributed by atoms with E-state index in [1.165, 1.54) is 6.92 Å². The molecule has 0 saturated carbocycles. The standard InChI is InChI=1S/C5H8O2S/c1-3-5(7)8-4(2)6/h3H2,1-2H3. The van der Waals surface area contributed by atoms with Gasteiger partial charge in [0.1, 0.15) is 0 Å². The van der Waals surface area contributed by atoms with Crippen LogP contribution in [0.3, 0.4) is 0 Å². The lowest BCUT2D eigenvalue weighted by atomic mass is 10.6. The molecule has 3 heteroatoms. The van der Waals surface area contributed by atoms with Crippen LogP contribution in [0.4, 0.5) is 0 Å². The van der Waals surface area contributed by atoms with Gasteiger partial charge in [-0.3, -0.25) is 9.59 Å². The van der Waals surface area contributed by atoms with E-state index in [9.17, 15) is 9.59 Å². The summed E-state index contributed by atoms with van der Waals surface area (Å²) in [6.45, 7) is 3.12. The zero-order valence-corrected chi connectivity index (χ0v) is 5.75. The number of thioether (sulfide) groups is 1. The van der Waals surface area contributed by atoms with Crippen molar-refractivity contribution in [2.75, 3.05) is 0 Å². The Morgan fingerprint density at radius 1 is 1.50 bits per heavy atom. The quantitative estimate of drug-likeness (QED) is 0.537. The van der Waals surface area contributed by atoms with E-state index in [1.807, 2.05) is 0 Å². The minimum Gasteiger partial charge on any atom is -0.287 e. The average Bonchev–Trinajstić information content (AvgIpc) is 1.65. The minimum atomic E-state index is -0.128. The van der Waals surface area contributed by atoms with Gasteiger partial charge in [0.25, 0.3) is 0 Å². The van der Waals surface area contributed by atoms with E-state index in [0.717, 1.165) is 11.8 Å². The van der Waals surface area contributed by atoms with Crippen molar-refractivity contribution < 1.29 is 9.59 Å². The van der Waals surface area contributed by atoms with E-state index in [2.05, 4.69) is 0 Å². The Labute approximate surface area is 52.6 Å². The van der Waals surface area contributed by atoms with E-state index < -0.39 is 0 Å². The van der Waals surface area contributed by atoms with Gasteiger partial charge in [0.2, 0.25) is 0 Å². The first-order valence-corrected chi connectivity index (χ1v) is 3.19. The maximum atomic E-state index is 10.4. The number of hydrogen-bond donors (Lipinski definition) is 0. The van der Waals surface area contributed by atoms with E-state index in [-0.39, 0.29) is 10.2 Å². The van der Waals surface area contributed by atoms with Crippen LogP contribution in [0, 0.1) is 0 Å². The van der Waals surface area contributed by atoms with E-state index in [4.69, 9.17) is 0 Å². The summed E-state index contributed by atoms with van der Waals surface area (Å²) in [7, 11) is 0. The predicted molar refractivity (Wildman–Crippen MR) is 33.6 cm³/mol. The highest BCUT2D eigenvalue weighted by Gasteiger charge is 2.00. The topological polar surface area (TPSA) is 34.1 Å². The first-order valence-electron chi connectivity index (χ1n) is 2.38. The number of hydrogen-bond acceptors (Lipinski definition) is 3. The van der Waals surface area contributed by atoms with Crippen molar-refractivity contribution in [3.63, 3.8) is 0 Å². The molecule has 2 nitrogen and oxygen atoms in total. The van der Waals surface area contributed by atoms with Gasteiger partial charge < -0.3 is 0 Å². The molecule has 0 atom stereocenters. The molecule has 0 aliphatic rings. The molecule has 46 valence electrons. The highest BCUT2D eigenvalue weighted by Crippen LogP contribution is 2.04. The van der Waals surface area contributed by atoms with Crippen LogP contribution in [0.2, 0.25) is 0 Å². The van der Waals surface area contributed by atoms with Gasteiger partial charge in [-0.05, 0) is 11.8 Å². The van der Waals surface area contributed by atoms with Crippen molar-refractivity contribution in [2.24, 2.45) is 0 Å². The van der Waals surface area contributed by atoms with Gasteiger partial charge in [0, 0.05) is 13.3 Å². The second kappa shape index (κ2) is 3.66. The Morgan fingerprint density at radius 3 is 2.12 bits per heavy atom. The summed E-state index contributed by atoms with van der Waals surface area (Å²) in [4.78, 5) is 20.5. The molecule has 0 heterocycles. The molecular formula is C5H8O2S. The molecule has 0 spiro atoms. The minimum absolute atomic E-state index is 0.0579. The summed E-state index contributed by atoms with van der Waals surface area (Å²) < 4.78 is 0. The fourth-order valence-corrected chi connectivity index (χ4v) is 0.697. The Balaban J connectivity index is 3.40. The largest absolute Gasteiger partial charge is 0.287 e. The molecule has 8 heavy (non-hydrogen) atoms. The van der Waals surface area contributed by atoms with Crippen molar-refractivity contribution in [3.05, 3.63) is 0 Å². The Morgan fingerprint density at radius 2 is 2.00 bits per heavy atom. The highest BCUT2D eigenvalue weighted by atomic mass is 32.2. The molecule has 0 radical (unpaired) electrons. The van der Waals surface area contributed by atoms with Crippen LogP contribution in [-0.2, 0) is 9.59 Å². The van der Waals surface area contributed by atoms with Crippen LogP contribution in [0.5, 0.6) is 0 Å². The summed E-state index contributed by atoms with van der Waals surface area (Å²) in [6, 6.07) is 0. The van der Waals surface area contributed by atoms with Gasteiger partial charge in [-0.2, -0.15) is 0 Å². The molecule has 0 fully saturated rings. The predicted octanol–water partition coefficient (Wildman–Crippen LogP) is 1.20. The highest BCUT2D eigenvalue weighted by molar-refractivity contribution is 8.26. The van der Waals surface area contributed by atoms with Crippen molar-refractivity contribution in [1.82, 2.24) is 0 Å². The third-order valence-electron chi connectivity index (χ3n) is 0.546. The number of carbonyl (C=O) groups is 2. The molecule has 0 amide bonds. The lowest BCUT2D eigenvalue weighted by Crippen LogP contribution is -1.91. The molecule has 0 N–H and O–H groups in total. The summed E-state index contributed by atoms with van der Waals surface area (Å²) in [5.74, 6) is 0. The molecule has 0 aromatic rings. The lowest BCUT2D eigenvalue weighted by molar-refractivity contribution is -0.112. The molecule has 0 aliphatic heterocycles. The number of rotatable bonds is 1. The smallest absolute Gasteiger partial charge is 0.196 e. The first kappa shape index (κ1) is 7.69. The van der Waals surface area contributed by atoms with Gasteiger partial charge in [0.05, 0.1) is 0 Å². The van der Waals surface area contributed by atoms with Gasteiger partial charge >= 0.3 is 0 Å². The summed E-state index contributed by atoms with van der Waals surface area (Å²) in [5.41, 5.74) is 0. The number of carbonyl (C=O) groups excluding carboxylic acids is 2. The summed E-state index contributed by atoms with van der Waals surface area (Å²) in [5, 5.41) is -0.186. The Hall–Kier alpha value is -0.310. The van der Waals surface area contributed by atoms with Crippen LogP contribution >= 0.6 is 11.8 Å². The molecule has 0 rings (SSSR count). The maximum Gasteiger partial charge on any atom is 0.196 e. The molecule has 0 aromatic carbocycles. The Kier molecular flexibility index (Phi) is 3.52. The van der Waals surface area contributed by atoms with E-state index in [1.54, 1.807) is 6.92 Å². The average molecular weight is 132 g/mol. The van der Waals surface area contributed by atoms with Gasteiger partial charge in [-0.15, -0.1) is 0 Å². The summed E-state index contributed by atoms with van der Waals surface area (Å²) >= 11 is 0.777. The lowest BCUT2D eigenvalue weighted by Gasteiger charge is -1.86. The SMILES string of the molecule is CCC(=O)SC(C)=O. The molecule has 0 saturated heterocycles. The molecular weight excluding hydrogens is 124 g/mol. The zero-order valence-electron chi connectivity index (χ0n) is 4.93. The first-order chi connectivity index (χ1) is 3.66. The second-order valence-electron chi connectivity index (χ2n) is 1.32. The Bertz CT molecular complexity index is 109. The molecule has 0 aromatic heterocycles. The van der Waals surface area contributed by atoms with Gasteiger partial charge in [-0.25, -0.2) is 0 Å². The third-order valence-corrected chi connectivity index (χ3v) is 1.35. The second-order valence-corrected chi connectivity index (χ2v) is 2.55. The monoisotopic (exact) mass is 132 g/mol. The molecule has 0 unspecified atom stereocenters. The molecule has 0 bridgehead atoms. The van der Waals surface area contributed by atoms with Crippen molar-refractivity contribution >= 4 is 22.0 Å².